The van der Waals surface area contributed by atoms with Gasteiger partial charge >= 0.3 is 0 Å². The van der Waals surface area contributed by atoms with Gasteiger partial charge in [-0.2, -0.15) is 0 Å². The predicted molar refractivity (Wildman–Crippen MR) is 76.9 cm³/mol. The lowest BCUT2D eigenvalue weighted by atomic mass is 10.1. The second-order valence-electron chi connectivity index (χ2n) is 4.30. The van der Waals surface area contributed by atoms with E-state index in [-0.39, 0.29) is 0 Å². The zero-order valence-corrected chi connectivity index (χ0v) is 12.4. The molecule has 0 saturated carbocycles. The van der Waals surface area contributed by atoms with Gasteiger partial charge in [0.15, 0.2) is 6.29 Å². The topological polar surface area (TPSA) is 122 Å². The van der Waals surface area contributed by atoms with Crippen LogP contribution in [0.25, 0.3) is 0 Å². The number of aliphatic hydroxyl groups excluding tert-OH is 1. The number of hydrogen-bond donors (Lipinski definition) is 4. The van der Waals surface area contributed by atoms with Crippen molar-refractivity contribution in [3.8, 4) is 0 Å². The van der Waals surface area contributed by atoms with Gasteiger partial charge in [-0.1, -0.05) is 58.3 Å². The Morgan fingerprint density at radius 1 is 0.800 bits per heavy atom. The highest BCUT2D eigenvalue weighted by atomic mass is 16.5. The minimum atomic E-state index is -1.10. The summed E-state index contributed by atoms with van der Waals surface area (Å²) in [5.41, 5.74) is 0. The van der Waals surface area contributed by atoms with E-state index in [1.165, 1.54) is 44.9 Å². The number of aliphatic hydroxyl groups is 2. The predicted octanol–water partition coefficient (Wildman–Crippen LogP) is 3.02. The fourth-order valence-corrected chi connectivity index (χ4v) is 1.64. The maximum Gasteiger partial charge on any atom is 0.231 e. The fourth-order valence-electron chi connectivity index (χ4n) is 1.64. The second kappa shape index (κ2) is 26.3. The van der Waals surface area contributed by atoms with Crippen LogP contribution < -0.4 is 0 Å². The zero-order valence-electron chi connectivity index (χ0n) is 12.4. The number of nitrogens with one attached hydrogen (secondary N) is 2. The number of rotatable bonds is 10. The molecule has 0 aliphatic heterocycles. The van der Waals surface area contributed by atoms with Crippen LogP contribution in [0, 0.1) is 10.8 Å². The minimum Gasteiger partial charge on any atom is -0.368 e. The molecule has 0 fully saturated rings. The second-order valence-corrected chi connectivity index (χ2v) is 4.30. The van der Waals surface area contributed by atoms with Crippen molar-refractivity contribution in [3.05, 3.63) is 0 Å². The molecule has 0 aromatic heterocycles. The molecular formula is C14H28N2O4. The van der Waals surface area contributed by atoms with E-state index < -0.39 is 6.29 Å². The average Bonchev–Trinajstić information content (AvgIpc) is 2.38. The van der Waals surface area contributed by atoms with Crippen LogP contribution in [0.2, 0.25) is 0 Å². The van der Waals surface area contributed by atoms with Gasteiger partial charge in [0.25, 0.3) is 0 Å². The quantitative estimate of drug-likeness (QED) is 0.213. The molecule has 0 aromatic rings. The molecule has 6 heteroatoms. The Morgan fingerprint density at radius 3 is 1.40 bits per heavy atom. The number of unbranched alkanes of at least 4 members (excludes halogenated alkanes) is 8. The molecule has 0 aliphatic carbocycles. The van der Waals surface area contributed by atoms with Crippen molar-refractivity contribution in [1.29, 1.82) is 10.8 Å². The monoisotopic (exact) mass is 288 g/mol. The van der Waals surface area contributed by atoms with E-state index in [4.69, 9.17) is 30.6 Å². The number of hydrogen-bond acceptors (Lipinski definition) is 6. The van der Waals surface area contributed by atoms with Crippen LogP contribution in [-0.4, -0.2) is 28.7 Å². The van der Waals surface area contributed by atoms with Crippen molar-refractivity contribution in [1.82, 2.24) is 0 Å². The van der Waals surface area contributed by atoms with Crippen LogP contribution >= 0.6 is 0 Å². The summed E-state index contributed by atoms with van der Waals surface area (Å²) in [7, 11) is 0. The third-order valence-corrected chi connectivity index (χ3v) is 2.57. The van der Waals surface area contributed by atoms with Crippen molar-refractivity contribution >= 4 is 12.2 Å². The summed E-state index contributed by atoms with van der Waals surface area (Å²) in [5.74, 6) is 0. The molecule has 0 spiro atoms. The lowest BCUT2D eigenvalue weighted by molar-refractivity contribution is -0.0466. The maximum absolute atomic E-state index is 8.61. The zero-order chi connectivity index (χ0) is 16.1. The van der Waals surface area contributed by atoms with Crippen molar-refractivity contribution < 1.29 is 19.8 Å². The van der Waals surface area contributed by atoms with Crippen LogP contribution in [0.15, 0.2) is 0 Å². The van der Waals surface area contributed by atoms with E-state index in [0.717, 1.165) is 25.0 Å². The molecule has 0 rings (SSSR count). The largest absolute Gasteiger partial charge is 0.368 e. The van der Waals surface area contributed by atoms with E-state index in [9.17, 15) is 0 Å². The molecular weight excluding hydrogens is 260 g/mol. The van der Waals surface area contributed by atoms with Gasteiger partial charge in [0, 0.05) is 0 Å². The summed E-state index contributed by atoms with van der Waals surface area (Å²) < 4.78 is 0. The van der Waals surface area contributed by atoms with E-state index in [1.54, 1.807) is 0 Å². The molecule has 0 heterocycles. The van der Waals surface area contributed by atoms with Gasteiger partial charge in [0.05, 0.1) is 0 Å². The molecule has 0 amide bonds. The molecule has 118 valence electrons. The molecule has 0 bridgehead atoms. The Bertz CT molecular complexity index is 221. The van der Waals surface area contributed by atoms with E-state index in [0.29, 0.717) is 6.42 Å². The first-order chi connectivity index (χ1) is 9.60. The highest BCUT2D eigenvalue weighted by molar-refractivity contribution is 5.26. The molecule has 0 radical (unpaired) electrons. The highest BCUT2D eigenvalue weighted by Crippen LogP contribution is 2.10. The van der Waals surface area contributed by atoms with Gasteiger partial charge in [-0.05, 0) is 12.8 Å². The third kappa shape index (κ3) is 43.8. The van der Waals surface area contributed by atoms with Crippen LogP contribution in [0.5, 0.6) is 0 Å². The lowest BCUT2D eigenvalue weighted by Gasteiger charge is -2.03. The van der Waals surface area contributed by atoms with Gasteiger partial charge in [-0.25, -0.2) is 20.4 Å². The molecule has 6 nitrogen and oxygen atoms in total. The van der Waals surface area contributed by atoms with Crippen LogP contribution in [-0.2, 0) is 9.59 Å². The Kier molecular flexibility index (Phi) is 31.2. The standard InChI is InChI=1S/C12H26O2.2CHNO/c1-2-3-4-5-6-7-8-9-10-11-12(13)14;2*2-1-3/h12-14H,2-11H2,1H3;2*2H. The van der Waals surface area contributed by atoms with Crippen LogP contribution in [0.3, 0.4) is 0 Å². The molecule has 0 saturated heterocycles. The number of carbonyl (C=O) groups excluding carboxylic acids is 2. The molecule has 4 N–H and O–H groups in total. The first-order valence-corrected chi connectivity index (χ1v) is 7.04. The Balaban J connectivity index is -0.000000408. The van der Waals surface area contributed by atoms with Crippen LogP contribution in [0.1, 0.15) is 71.1 Å². The van der Waals surface area contributed by atoms with Gasteiger partial charge in [-0.3, -0.25) is 0 Å². The molecule has 0 aromatic carbocycles. The summed E-state index contributed by atoms with van der Waals surface area (Å²) in [6, 6.07) is 0. The van der Waals surface area contributed by atoms with Gasteiger partial charge < -0.3 is 10.2 Å². The first kappa shape index (κ1) is 23.7. The number of isocyanates is 2. The summed E-state index contributed by atoms with van der Waals surface area (Å²) >= 11 is 0. The van der Waals surface area contributed by atoms with E-state index in [1.807, 2.05) is 0 Å². The Hall–Kier alpha value is -1.32. The lowest BCUT2D eigenvalue weighted by Crippen LogP contribution is -2.02. The van der Waals surface area contributed by atoms with Gasteiger partial charge in [0.1, 0.15) is 0 Å². The average molecular weight is 288 g/mol. The molecule has 0 atom stereocenters. The van der Waals surface area contributed by atoms with Crippen molar-refractivity contribution in [2.24, 2.45) is 0 Å². The van der Waals surface area contributed by atoms with Crippen LogP contribution in [0.4, 0.5) is 0 Å². The minimum absolute atomic E-state index is 0.538. The van der Waals surface area contributed by atoms with Crippen molar-refractivity contribution in [2.45, 2.75) is 77.4 Å². The van der Waals surface area contributed by atoms with Crippen molar-refractivity contribution in [3.63, 3.8) is 0 Å². The molecule has 20 heavy (non-hydrogen) atoms. The molecule has 0 aliphatic rings. The Labute approximate surface area is 121 Å². The smallest absolute Gasteiger partial charge is 0.231 e. The van der Waals surface area contributed by atoms with Crippen molar-refractivity contribution in [2.75, 3.05) is 0 Å². The normalized spacial score (nSPS) is 8.60. The van der Waals surface area contributed by atoms with E-state index in [2.05, 4.69) is 6.92 Å². The van der Waals surface area contributed by atoms with Gasteiger partial charge in [-0.15, -0.1) is 0 Å². The first-order valence-electron chi connectivity index (χ1n) is 7.04. The highest BCUT2D eigenvalue weighted by Gasteiger charge is 1.96. The molecule has 0 unspecified atom stereocenters. The Morgan fingerprint density at radius 2 is 1.10 bits per heavy atom. The summed E-state index contributed by atoms with van der Waals surface area (Å²) in [6.45, 7) is 2.24. The summed E-state index contributed by atoms with van der Waals surface area (Å²) in [4.78, 5) is 16.7. The van der Waals surface area contributed by atoms with E-state index >= 15 is 0 Å². The maximum atomic E-state index is 8.61. The summed E-state index contributed by atoms with van der Waals surface area (Å²) in [5, 5.41) is 28.0. The summed E-state index contributed by atoms with van der Waals surface area (Å²) in [6.07, 6.45) is 12.4. The SMILES string of the molecule is CCCCCCCCCCCC(O)O.N=C=O.N=C=O. The fraction of sp³-hybridized carbons (Fsp3) is 0.857. The van der Waals surface area contributed by atoms with Gasteiger partial charge in [0.2, 0.25) is 12.2 Å². The third-order valence-electron chi connectivity index (χ3n) is 2.57.